The summed E-state index contributed by atoms with van der Waals surface area (Å²) in [4.78, 5) is 41.1. The average molecular weight is 626 g/mol. The van der Waals surface area contributed by atoms with Crippen molar-refractivity contribution >= 4 is 68.3 Å². The normalized spacial score (nSPS) is 22.1. The van der Waals surface area contributed by atoms with Gasteiger partial charge in [-0.3, -0.25) is 19.4 Å². The number of hydrogen-bond donors (Lipinski definition) is 0. The molecule has 9 nitrogen and oxygen atoms in total. The summed E-state index contributed by atoms with van der Waals surface area (Å²) < 4.78 is 0.941. The van der Waals surface area contributed by atoms with Crippen molar-refractivity contribution in [3.63, 3.8) is 0 Å². The van der Waals surface area contributed by atoms with Crippen molar-refractivity contribution in [3.05, 3.63) is 98.4 Å². The average Bonchev–Trinajstić information content (AvgIpc) is 3.61. The maximum Gasteiger partial charge on any atom is 0.264 e. The highest BCUT2D eigenvalue weighted by atomic mass is 79.9. The number of hydrogen-bond acceptors (Lipinski definition) is 7. The molecular formula is C27H19BrCl2N6O3. The molecule has 0 radical (unpaired) electrons. The highest BCUT2D eigenvalue weighted by Crippen LogP contribution is 2.37. The highest BCUT2D eigenvalue weighted by molar-refractivity contribution is 9.10. The molecule has 3 aliphatic heterocycles. The quantitative estimate of drug-likeness (QED) is 0.353. The van der Waals surface area contributed by atoms with Crippen LogP contribution in [-0.4, -0.2) is 52.1 Å². The zero-order valence-electron chi connectivity index (χ0n) is 20.1. The van der Waals surface area contributed by atoms with Crippen LogP contribution in [0, 0.1) is 0 Å². The third kappa shape index (κ3) is 4.62. The Kier molecular flexibility index (Phi) is 6.70. The van der Waals surface area contributed by atoms with E-state index >= 15 is 0 Å². The molecule has 1 saturated heterocycles. The van der Waals surface area contributed by atoms with Gasteiger partial charge in [0.2, 0.25) is 0 Å². The van der Waals surface area contributed by atoms with Gasteiger partial charge in [-0.1, -0.05) is 86.8 Å². The Bertz CT molecular complexity index is 1550. The molecule has 0 spiro atoms. The number of carbonyl (C=O) groups excluding carboxylic acids is 3. The minimum Gasteiger partial charge on any atom is -0.271 e. The molecule has 6 rings (SSSR count). The van der Waals surface area contributed by atoms with Crippen molar-refractivity contribution in [1.29, 1.82) is 0 Å². The first-order chi connectivity index (χ1) is 18.8. The topological polar surface area (TPSA) is 98.0 Å². The van der Waals surface area contributed by atoms with E-state index in [0.717, 1.165) is 26.2 Å². The number of carbonyl (C=O) groups is 3. The number of hydrazone groups is 1. The van der Waals surface area contributed by atoms with Crippen LogP contribution in [0.5, 0.6) is 0 Å². The van der Waals surface area contributed by atoms with E-state index in [4.69, 9.17) is 23.2 Å². The number of benzene rings is 3. The molecule has 1 fully saturated rings. The van der Waals surface area contributed by atoms with Gasteiger partial charge < -0.3 is 0 Å². The van der Waals surface area contributed by atoms with Crippen molar-refractivity contribution in [3.8, 4) is 0 Å². The molecule has 0 aliphatic carbocycles. The summed E-state index contributed by atoms with van der Waals surface area (Å²) in [5.41, 5.74) is 2.81. The van der Waals surface area contributed by atoms with Crippen LogP contribution in [0.15, 0.2) is 92.7 Å². The third-order valence-corrected chi connectivity index (χ3v) is 7.90. The number of nitrogens with zero attached hydrogens (tertiary/aromatic N) is 6. The fourth-order valence-corrected chi connectivity index (χ4v) is 5.71. The van der Waals surface area contributed by atoms with Gasteiger partial charge in [-0.2, -0.15) is 10.2 Å². The Morgan fingerprint density at radius 1 is 0.974 bits per heavy atom. The lowest BCUT2D eigenvalue weighted by Gasteiger charge is -2.25. The lowest BCUT2D eigenvalue weighted by molar-refractivity contribution is -0.135. The van der Waals surface area contributed by atoms with Crippen molar-refractivity contribution in [2.45, 2.75) is 24.5 Å². The number of anilines is 1. The number of fused-ring (bicyclic) bond motifs is 1. The van der Waals surface area contributed by atoms with Gasteiger partial charge in [-0.25, -0.2) is 9.91 Å². The van der Waals surface area contributed by atoms with Crippen LogP contribution >= 0.6 is 39.1 Å². The summed E-state index contributed by atoms with van der Waals surface area (Å²) in [5.74, 6) is -1.50. The lowest BCUT2D eigenvalue weighted by atomic mass is 9.98. The van der Waals surface area contributed by atoms with Crippen molar-refractivity contribution in [2.24, 2.45) is 15.4 Å². The van der Waals surface area contributed by atoms with E-state index in [2.05, 4.69) is 31.4 Å². The van der Waals surface area contributed by atoms with Gasteiger partial charge in [0.1, 0.15) is 6.54 Å². The van der Waals surface area contributed by atoms with Gasteiger partial charge >= 0.3 is 0 Å². The van der Waals surface area contributed by atoms with E-state index in [0.29, 0.717) is 11.4 Å². The van der Waals surface area contributed by atoms with Gasteiger partial charge in [0.15, 0.2) is 12.1 Å². The Morgan fingerprint density at radius 2 is 1.72 bits per heavy atom. The number of amides is 3. The van der Waals surface area contributed by atoms with Crippen molar-refractivity contribution in [2.75, 3.05) is 11.4 Å². The van der Waals surface area contributed by atoms with Crippen LogP contribution in [0.3, 0.4) is 0 Å². The summed E-state index contributed by atoms with van der Waals surface area (Å²) >= 11 is 15.7. The fourth-order valence-electron chi connectivity index (χ4n) is 4.96. The Morgan fingerprint density at radius 3 is 2.44 bits per heavy atom. The van der Waals surface area contributed by atoms with Crippen LogP contribution < -0.4 is 4.90 Å². The SMILES string of the molecule is O=C1[C@@H]2[C@@H](N=NN2CC(=O)N2N=C(c3ccc(Br)cc3)C[C@@H]2c2ccccc2)C(=O)N1c1ccc(Cl)cc1Cl. The summed E-state index contributed by atoms with van der Waals surface area (Å²) in [5, 5.41) is 15.9. The van der Waals surface area contributed by atoms with Crippen LogP contribution in [-0.2, 0) is 14.4 Å². The molecule has 12 heteroatoms. The Balaban J connectivity index is 1.26. The summed E-state index contributed by atoms with van der Waals surface area (Å²) in [6, 6.07) is 19.4. The fraction of sp³-hybridized carbons (Fsp3) is 0.185. The number of rotatable bonds is 5. The predicted molar refractivity (Wildman–Crippen MR) is 149 cm³/mol. The van der Waals surface area contributed by atoms with Crippen LogP contribution in [0.2, 0.25) is 10.0 Å². The number of imide groups is 1. The Hall–Kier alpha value is -3.60. The second-order valence-electron chi connectivity index (χ2n) is 9.22. The van der Waals surface area contributed by atoms with Gasteiger partial charge in [-0.15, -0.1) is 0 Å². The minimum absolute atomic E-state index is 0.154. The first-order valence-corrected chi connectivity index (χ1v) is 13.6. The van der Waals surface area contributed by atoms with Gasteiger partial charge in [0.25, 0.3) is 17.7 Å². The van der Waals surface area contributed by atoms with E-state index in [9.17, 15) is 14.4 Å². The van der Waals surface area contributed by atoms with Gasteiger partial charge in [0, 0.05) is 15.9 Å². The largest absolute Gasteiger partial charge is 0.271 e. The summed E-state index contributed by atoms with van der Waals surface area (Å²) in [6.07, 6.45) is 0.519. The summed E-state index contributed by atoms with van der Waals surface area (Å²) in [6.45, 7) is -0.285. The van der Waals surface area contributed by atoms with E-state index in [1.54, 1.807) is 6.07 Å². The lowest BCUT2D eigenvalue weighted by Crippen LogP contribution is -2.44. The molecule has 0 N–H and O–H groups in total. The van der Waals surface area contributed by atoms with Gasteiger partial charge in [0.05, 0.1) is 22.5 Å². The van der Waals surface area contributed by atoms with Crippen molar-refractivity contribution in [1.82, 2.24) is 10.0 Å². The molecule has 0 bridgehead atoms. The zero-order chi connectivity index (χ0) is 27.3. The first-order valence-electron chi connectivity index (χ1n) is 12.0. The van der Waals surface area contributed by atoms with E-state index in [-0.39, 0.29) is 29.2 Å². The third-order valence-electron chi connectivity index (χ3n) is 6.83. The Labute approximate surface area is 241 Å². The zero-order valence-corrected chi connectivity index (χ0v) is 23.2. The van der Waals surface area contributed by atoms with E-state index < -0.39 is 23.9 Å². The molecule has 3 aliphatic rings. The molecule has 3 heterocycles. The van der Waals surface area contributed by atoms with Crippen LogP contribution in [0.1, 0.15) is 23.6 Å². The maximum atomic E-state index is 13.7. The molecule has 3 aromatic rings. The smallest absolute Gasteiger partial charge is 0.264 e. The van der Waals surface area contributed by atoms with E-state index in [1.807, 2.05) is 54.6 Å². The monoisotopic (exact) mass is 624 g/mol. The number of halogens is 3. The van der Waals surface area contributed by atoms with Crippen LogP contribution in [0.4, 0.5) is 5.69 Å². The maximum absolute atomic E-state index is 13.7. The molecular weight excluding hydrogens is 607 g/mol. The summed E-state index contributed by atoms with van der Waals surface area (Å²) in [7, 11) is 0. The molecule has 3 aromatic carbocycles. The molecule has 0 saturated carbocycles. The minimum atomic E-state index is -1.07. The molecule has 3 atom stereocenters. The first kappa shape index (κ1) is 25.7. The second-order valence-corrected chi connectivity index (χ2v) is 11.0. The molecule has 0 aromatic heterocycles. The van der Waals surface area contributed by atoms with Crippen LogP contribution in [0.25, 0.3) is 0 Å². The van der Waals surface area contributed by atoms with E-state index in [1.165, 1.54) is 22.2 Å². The molecule has 0 unspecified atom stereocenters. The molecule has 3 amide bonds. The van der Waals surface area contributed by atoms with Gasteiger partial charge in [-0.05, 0) is 41.5 Å². The van der Waals surface area contributed by atoms with Crippen molar-refractivity contribution < 1.29 is 14.4 Å². The highest BCUT2D eigenvalue weighted by Gasteiger charge is 2.55. The second kappa shape index (κ2) is 10.2. The molecule has 39 heavy (non-hydrogen) atoms. The predicted octanol–water partition coefficient (Wildman–Crippen LogP) is 5.43. The standard InChI is InChI=1S/C27H19BrCl2N6O3/c28-17-8-6-15(7-9-17)20-13-22(16-4-2-1-3-5-16)36(32-20)23(37)14-34-25-24(31-33-34)26(38)35(27(25)39)21-11-10-18(29)12-19(21)30/h1-12,22,24-25H,13-14H2/t22-,24-,25+/m1/s1. The molecule has 196 valence electrons.